The van der Waals surface area contributed by atoms with Gasteiger partial charge in [-0.05, 0) is 18.2 Å². The highest BCUT2D eigenvalue weighted by Crippen LogP contribution is 2.36. The lowest BCUT2D eigenvalue weighted by Gasteiger charge is -2.15. The van der Waals surface area contributed by atoms with Crippen LogP contribution in [-0.4, -0.2) is 24.7 Å². The molecule has 0 spiro atoms. The van der Waals surface area contributed by atoms with E-state index in [2.05, 4.69) is 40.8 Å². The normalized spacial score (nSPS) is 12.1. The highest BCUT2D eigenvalue weighted by atomic mass is 35.5. The Morgan fingerprint density at radius 3 is 2.59 bits per heavy atom. The van der Waals surface area contributed by atoms with Gasteiger partial charge in [-0.3, -0.25) is 9.67 Å². The molecular formula is C20H19ClFN5. The number of rotatable bonds is 2. The average Bonchev–Trinajstić information content (AvgIpc) is 3.14. The lowest BCUT2D eigenvalue weighted by atomic mass is 9.92. The van der Waals surface area contributed by atoms with Crippen molar-refractivity contribution in [1.82, 2.24) is 24.7 Å². The summed E-state index contributed by atoms with van der Waals surface area (Å²) in [6, 6.07) is 8.32. The van der Waals surface area contributed by atoms with Crippen molar-refractivity contribution in [2.24, 2.45) is 7.05 Å². The first-order chi connectivity index (χ1) is 12.8. The van der Waals surface area contributed by atoms with Gasteiger partial charge in [-0.25, -0.2) is 9.37 Å². The van der Waals surface area contributed by atoms with Gasteiger partial charge in [0.15, 0.2) is 5.82 Å². The van der Waals surface area contributed by atoms with Gasteiger partial charge in [0.25, 0.3) is 0 Å². The van der Waals surface area contributed by atoms with Crippen molar-refractivity contribution in [2.75, 3.05) is 0 Å². The highest BCUT2D eigenvalue weighted by molar-refractivity contribution is 6.33. The van der Waals surface area contributed by atoms with E-state index in [0.29, 0.717) is 33.3 Å². The summed E-state index contributed by atoms with van der Waals surface area (Å²) in [6.45, 7) is 6.19. The van der Waals surface area contributed by atoms with Gasteiger partial charge in [-0.2, -0.15) is 5.10 Å². The molecule has 3 aromatic heterocycles. The molecule has 138 valence electrons. The highest BCUT2D eigenvalue weighted by Gasteiger charge is 2.27. The number of hydrogen-bond acceptors (Lipinski definition) is 3. The van der Waals surface area contributed by atoms with Crippen molar-refractivity contribution >= 4 is 22.6 Å². The van der Waals surface area contributed by atoms with Crippen LogP contribution in [0.1, 0.15) is 26.5 Å². The Morgan fingerprint density at radius 1 is 1.19 bits per heavy atom. The van der Waals surface area contributed by atoms with Gasteiger partial charge in [0.05, 0.1) is 33.6 Å². The fourth-order valence-electron chi connectivity index (χ4n) is 3.07. The zero-order valence-corrected chi connectivity index (χ0v) is 16.3. The van der Waals surface area contributed by atoms with Gasteiger partial charge in [0, 0.05) is 18.0 Å². The zero-order chi connectivity index (χ0) is 19.3. The van der Waals surface area contributed by atoms with Crippen LogP contribution in [-0.2, 0) is 12.5 Å². The quantitative estimate of drug-likeness (QED) is 0.523. The van der Waals surface area contributed by atoms with Crippen molar-refractivity contribution in [2.45, 2.75) is 26.2 Å². The molecule has 0 radical (unpaired) electrons. The Kier molecular flexibility index (Phi) is 4.03. The molecule has 7 heteroatoms. The summed E-state index contributed by atoms with van der Waals surface area (Å²) in [5, 5.41) is 5.14. The molecule has 4 aromatic rings. The Morgan fingerprint density at radius 2 is 1.93 bits per heavy atom. The molecule has 1 N–H and O–H groups in total. The Labute approximate surface area is 161 Å². The second-order valence-corrected chi connectivity index (χ2v) is 7.91. The summed E-state index contributed by atoms with van der Waals surface area (Å²) < 4.78 is 15.8. The molecule has 4 rings (SSSR count). The number of H-pyrrole nitrogens is 1. The molecule has 0 aliphatic carbocycles. The summed E-state index contributed by atoms with van der Waals surface area (Å²) in [4.78, 5) is 12.3. The zero-order valence-electron chi connectivity index (χ0n) is 15.5. The summed E-state index contributed by atoms with van der Waals surface area (Å²) in [7, 11) is 1.84. The van der Waals surface area contributed by atoms with Crippen LogP contribution in [0.25, 0.3) is 33.8 Å². The van der Waals surface area contributed by atoms with Crippen molar-refractivity contribution < 1.29 is 4.39 Å². The first kappa shape index (κ1) is 17.7. The van der Waals surface area contributed by atoms with E-state index >= 15 is 0 Å². The van der Waals surface area contributed by atoms with E-state index in [-0.39, 0.29) is 11.2 Å². The van der Waals surface area contributed by atoms with Gasteiger partial charge >= 0.3 is 0 Å². The summed E-state index contributed by atoms with van der Waals surface area (Å²) in [5.74, 6) is 0.289. The fourth-order valence-corrected chi connectivity index (χ4v) is 3.61. The van der Waals surface area contributed by atoms with Gasteiger partial charge in [-0.15, -0.1) is 0 Å². The number of pyridine rings is 1. The largest absolute Gasteiger partial charge is 0.335 e. The monoisotopic (exact) mass is 383 g/mol. The van der Waals surface area contributed by atoms with Crippen LogP contribution < -0.4 is 0 Å². The first-order valence-electron chi connectivity index (χ1n) is 8.59. The van der Waals surface area contributed by atoms with E-state index in [4.69, 9.17) is 11.6 Å². The van der Waals surface area contributed by atoms with Gasteiger partial charge in [0.2, 0.25) is 0 Å². The van der Waals surface area contributed by atoms with Crippen LogP contribution in [0.4, 0.5) is 4.39 Å². The fraction of sp³-hybridized carbons (Fsp3) is 0.250. The Balaban J connectivity index is 1.84. The molecule has 0 aliphatic rings. The summed E-state index contributed by atoms with van der Waals surface area (Å²) in [5.41, 5.74) is 3.76. The maximum Gasteiger partial charge on any atom is 0.158 e. The predicted octanol–water partition coefficient (Wildman–Crippen LogP) is 5.12. The number of halogens is 2. The smallest absolute Gasteiger partial charge is 0.158 e. The SMILES string of the molecule is Cn1nc(C(C)(C)C)c(Cl)c1-c1nc2cc(-c3ccccc3F)ncc2[nH]1. The molecule has 0 unspecified atom stereocenters. The van der Waals surface area contributed by atoms with E-state index in [1.165, 1.54) is 6.07 Å². The summed E-state index contributed by atoms with van der Waals surface area (Å²) >= 11 is 6.62. The molecular weight excluding hydrogens is 365 g/mol. The molecule has 0 fully saturated rings. The third-order valence-corrected chi connectivity index (χ3v) is 4.80. The number of nitrogens with one attached hydrogen (secondary N) is 1. The van der Waals surface area contributed by atoms with E-state index in [9.17, 15) is 4.39 Å². The Bertz CT molecular complexity index is 1150. The molecule has 0 bridgehead atoms. The third-order valence-electron chi connectivity index (χ3n) is 4.44. The number of benzene rings is 1. The molecule has 27 heavy (non-hydrogen) atoms. The maximum absolute atomic E-state index is 14.1. The molecule has 0 atom stereocenters. The lowest BCUT2D eigenvalue weighted by molar-refractivity contribution is 0.553. The van der Waals surface area contributed by atoms with Crippen LogP contribution in [0.5, 0.6) is 0 Å². The van der Waals surface area contributed by atoms with Gasteiger partial charge < -0.3 is 4.98 Å². The van der Waals surface area contributed by atoms with Crippen molar-refractivity contribution in [3.63, 3.8) is 0 Å². The molecule has 0 aliphatic heterocycles. The molecule has 3 heterocycles. The van der Waals surface area contributed by atoms with Crippen molar-refractivity contribution in [3.8, 4) is 22.8 Å². The minimum atomic E-state index is -0.315. The van der Waals surface area contributed by atoms with E-state index in [0.717, 1.165) is 11.2 Å². The lowest BCUT2D eigenvalue weighted by Crippen LogP contribution is -2.12. The van der Waals surface area contributed by atoms with Crippen LogP contribution >= 0.6 is 11.6 Å². The van der Waals surface area contributed by atoms with Gasteiger partial charge in [-0.1, -0.05) is 44.5 Å². The van der Waals surface area contributed by atoms with E-state index in [1.807, 2.05) is 7.05 Å². The summed E-state index contributed by atoms with van der Waals surface area (Å²) in [6.07, 6.45) is 1.66. The molecule has 0 saturated heterocycles. The predicted molar refractivity (Wildman–Crippen MR) is 105 cm³/mol. The number of nitrogens with zero attached hydrogens (tertiary/aromatic N) is 4. The van der Waals surface area contributed by atoms with Crippen molar-refractivity contribution in [1.29, 1.82) is 0 Å². The van der Waals surface area contributed by atoms with Crippen LogP contribution in [0, 0.1) is 5.82 Å². The number of aryl methyl sites for hydroxylation is 1. The molecule has 5 nitrogen and oxygen atoms in total. The molecule has 0 amide bonds. The average molecular weight is 384 g/mol. The number of aromatic nitrogens is 5. The van der Waals surface area contributed by atoms with Gasteiger partial charge in [0.1, 0.15) is 11.5 Å². The van der Waals surface area contributed by atoms with E-state index in [1.54, 1.807) is 35.1 Å². The molecule has 0 saturated carbocycles. The topological polar surface area (TPSA) is 59.4 Å². The van der Waals surface area contributed by atoms with Crippen LogP contribution in [0.2, 0.25) is 5.02 Å². The van der Waals surface area contributed by atoms with E-state index < -0.39 is 0 Å². The number of hydrogen-bond donors (Lipinski definition) is 1. The van der Waals surface area contributed by atoms with Crippen molar-refractivity contribution in [3.05, 3.63) is 53.1 Å². The maximum atomic E-state index is 14.1. The Hall–Kier alpha value is -2.73. The number of aromatic amines is 1. The standard InChI is InChI=1S/C20H19ClFN5/c1-20(2,3)18-16(21)17(27(4)26-18)19-24-14-9-13(23-10-15(14)25-19)11-7-5-6-8-12(11)22/h5-10H,1-4H3,(H,24,25). The first-order valence-corrected chi connectivity index (χ1v) is 8.97. The second kappa shape index (κ2) is 6.16. The minimum absolute atomic E-state index is 0.182. The number of fused-ring (bicyclic) bond motifs is 1. The third kappa shape index (κ3) is 3.00. The molecule has 1 aromatic carbocycles. The van der Waals surface area contributed by atoms with Crippen LogP contribution in [0.3, 0.4) is 0 Å². The minimum Gasteiger partial charge on any atom is -0.335 e. The number of imidazole rings is 1. The van der Waals surface area contributed by atoms with Crippen LogP contribution in [0.15, 0.2) is 36.5 Å². The second-order valence-electron chi connectivity index (χ2n) is 7.54.